The Kier molecular flexibility index (Phi) is 6.91. The molecule has 0 aromatic heterocycles. The van der Waals surface area contributed by atoms with E-state index in [1.54, 1.807) is 25.1 Å². The van der Waals surface area contributed by atoms with Crippen LogP contribution in [0.4, 0.5) is 11.4 Å². The second-order valence-electron chi connectivity index (χ2n) is 7.00. The summed E-state index contributed by atoms with van der Waals surface area (Å²) >= 11 is 11.1. The lowest BCUT2D eigenvalue weighted by Crippen LogP contribution is -2.36. The molecule has 0 atom stereocenters. The second-order valence-corrected chi connectivity index (χ2v) is 9.27. The number of amides is 1. The number of rotatable bonds is 4. The number of hydrogen-bond acceptors (Lipinski definition) is 6. The molecule has 0 radical (unpaired) electrons. The van der Waals surface area contributed by atoms with Crippen LogP contribution >= 0.6 is 39.3 Å². The maximum Gasteiger partial charge on any atom is 0.266 e. The van der Waals surface area contributed by atoms with E-state index in [-0.39, 0.29) is 5.91 Å². The molecule has 2 aromatic rings. The van der Waals surface area contributed by atoms with Crippen molar-refractivity contribution < 1.29 is 14.3 Å². The smallest absolute Gasteiger partial charge is 0.266 e. The molecule has 0 spiro atoms. The molecule has 2 aromatic carbocycles. The molecule has 0 saturated carbocycles. The molecular formula is C22H21BrClN3O3S. The maximum absolute atomic E-state index is 12.7. The molecule has 2 aliphatic rings. The van der Waals surface area contributed by atoms with E-state index in [4.69, 9.17) is 21.1 Å². The molecule has 2 fully saturated rings. The highest BCUT2D eigenvalue weighted by Gasteiger charge is 2.30. The minimum absolute atomic E-state index is 0.100. The number of amidine groups is 1. The summed E-state index contributed by atoms with van der Waals surface area (Å²) in [5.41, 5.74) is 2.76. The summed E-state index contributed by atoms with van der Waals surface area (Å²) in [6.07, 6.45) is 1.81. The Hall–Kier alpha value is -2.00. The van der Waals surface area contributed by atoms with Crippen molar-refractivity contribution >= 4 is 67.8 Å². The summed E-state index contributed by atoms with van der Waals surface area (Å²) in [6.45, 7) is 3.28. The van der Waals surface area contributed by atoms with Gasteiger partial charge in [-0.1, -0.05) is 11.6 Å². The van der Waals surface area contributed by atoms with E-state index in [0.29, 0.717) is 20.8 Å². The third kappa shape index (κ3) is 4.92. The Labute approximate surface area is 199 Å². The highest BCUT2D eigenvalue weighted by Crippen LogP contribution is 2.37. The van der Waals surface area contributed by atoms with Crippen molar-refractivity contribution in [2.24, 2.45) is 4.99 Å². The van der Waals surface area contributed by atoms with Crippen LogP contribution in [0.2, 0.25) is 5.02 Å². The van der Waals surface area contributed by atoms with Gasteiger partial charge >= 0.3 is 0 Å². The van der Waals surface area contributed by atoms with Gasteiger partial charge in [0.25, 0.3) is 5.91 Å². The van der Waals surface area contributed by atoms with Gasteiger partial charge in [-0.15, -0.1) is 0 Å². The first-order valence-corrected chi connectivity index (χ1v) is 11.7. The minimum atomic E-state index is -0.100. The van der Waals surface area contributed by atoms with E-state index in [1.165, 1.54) is 11.8 Å². The van der Waals surface area contributed by atoms with Crippen LogP contribution < -0.4 is 9.64 Å². The van der Waals surface area contributed by atoms with Crippen molar-refractivity contribution in [2.45, 2.75) is 0 Å². The summed E-state index contributed by atoms with van der Waals surface area (Å²) in [5.74, 6) is 0.464. The molecule has 9 heteroatoms. The summed E-state index contributed by atoms with van der Waals surface area (Å²) < 4.78 is 11.4. The second kappa shape index (κ2) is 9.65. The predicted molar refractivity (Wildman–Crippen MR) is 131 cm³/mol. The van der Waals surface area contributed by atoms with Crippen LogP contribution in [0.1, 0.15) is 5.56 Å². The van der Waals surface area contributed by atoms with Crippen LogP contribution in [-0.2, 0) is 9.53 Å². The lowest BCUT2D eigenvalue weighted by Gasteiger charge is -2.28. The number of aliphatic imine (C=N–C) groups is 1. The van der Waals surface area contributed by atoms with E-state index in [9.17, 15) is 4.79 Å². The maximum atomic E-state index is 12.7. The molecule has 1 amide bonds. The standard InChI is InChI=1S/C22H21BrClN3O3S/c1-26-21(28)19(13-14-11-17(23)20(29-2)18(24)12-14)31-22(26)25-15-3-5-16(6-4-15)27-7-9-30-10-8-27/h3-6,11-13H,7-10H2,1-2H3/b19-13+,25-22?. The Balaban J connectivity index is 1.54. The summed E-state index contributed by atoms with van der Waals surface area (Å²) in [6, 6.07) is 11.7. The molecule has 0 aliphatic carbocycles. The summed E-state index contributed by atoms with van der Waals surface area (Å²) in [7, 11) is 3.29. The zero-order valence-corrected chi connectivity index (χ0v) is 20.3. The van der Waals surface area contributed by atoms with Gasteiger partial charge in [0.05, 0.1) is 40.4 Å². The highest BCUT2D eigenvalue weighted by atomic mass is 79.9. The van der Waals surface area contributed by atoms with Gasteiger partial charge in [-0.25, -0.2) is 4.99 Å². The van der Waals surface area contributed by atoms with Gasteiger partial charge in [-0.05, 0) is 75.7 Å². The van der Waals surface area contributed by atoms with Crippen molar-refractivity contribution in [3.63, 3.8) is 0 Å². The van der Waals surface area contributed by atoms with Gasteiger partial charge < -0.3 is 14.4 Å². The van der Waals surface area contributed by atoms with Gasteiger partial charge in [-0.3, -0.25) is 9.69 Å². The lowest BCUT2D eigenvalue weighted by atomic mass is 10.2. The summed E-state index contributed by atoms with van der Waals surface area (Å²) in [4.78, 5) is 21.8. The summed E-state index contributed by atoms with van der Waals surface area (Å²) in [5, 5.41) is 1.11. The van der Waals surface area contributed by atoms with E-state index in [2.05, 4.69) is 38.0 Å². The number of nitrogens with zero attached hydrogens (tertiary/aromatic N) is 3. The van der Waals surface area contributed by atoms with E-state index < -0.39 is 0 Å². The average Bonchev–Trinajstić information content (AvgIpc) is 3.02. The minimum Gasteiger partial charge on any atom is -0.494 e. The fourth-order valence-electron chi connectivity index (χ4n) is 3.33. The first-order chi connectivity index (χ1) is 15.0. The fourth-order valence-corrected chi connectivity index (χ4v) is 5.38. The van der Waals surface area contributed by atoms with Crippen LogP contribution in [0, 0.1) is 0 Å². The molecule has 2 aliphatic heterocycles. The van der Waals surface area contributed by atoms with Crippen molar-refractivity contribution in [1.82, 2.24) is 4.90 Å². The van der Waals surface area contributed by atoms with Crippen molar-refractivity contribution in [1.29, 1.82) is 0 Å². The third-order valence-electron chi connectivity index (χ3n) is 4.98. The van der Waals surface area contributed by atoms with Crippen molar-refractivity contribution in [3.05, 3.63) is 56.4 Å². The highest BCUT2D eigenvalue weighted by molar-refractivity contribution is 9.10. The van der Waals surface area contributed by atoms with Crippen LogP contribution in [-0.4, -0.2) is 56.4 Å². The molecule has 2 heterocycles. The number of morpholine rings is 1. The number of likely N-dealkylation sites (N-methyl/N-ethyl adjacent to an activating group) is 1. The number of anilines is 1. The van der Waals surface area contributed by atoms with E-state index in [0.717, 1.165) is 47.7 Å². The molecule has 0 unspecified atom stereocenters. The van der Waals surface area contributed by atoms with E-state index >= 15 is 0 Å². The largest absolute Gasteiger partial charge is 0.494 e. The van der Waals surface area contributed by atoms with Gasteiger partial charge in [0, 0.05) is 25.8 Å². The molecule has 4 rings (SSSR count). The Morgan fingerprint density at radius 2 is 1.94 bits per heavy atom. The van der Waals surface area contributed by atoms with Crippen molar-refractivity contribution in [3.8, 4) is 5.75 Å². The number of halogens is 2. The number of carbonyl (C=O) groups is 1. The van der Waals surface area contributed by atoms with E-state index in [1.807, 2.05) is 24.3 Å². The number of thioether (sulfide) groups is 1. The lowest BCUT2D eigenvalue weighted by molar-refractivity contribution is -0.121. The molecule has 162 valence electrons. The quantitative estimate of drug-likeness (QED) is 0.518. The first-order valence-electron chi connectivity index (χ1n) is 9.68. The number of carbonyl (C=O) groups excluding carboxylic acids is 1. The van der Waals surface area contributed by atoms with Gasteiger partial charge in [0.2, 0.25) is 0 Å². The SMILES string of the molecule is COc1c(Cl)cc(/C=C2/SC(=Nc3ccc(N4CCOCC4)cc3)N(C)C2=O)cc1Br. The molecule has 6 nitrogen and oxygen atoms in total. The van der Waals surface area contributed by atoms with Crippen LogP contribution in [0.3, 0.4) is 0 Å². The van der Waals surface area contributed by atoms with Gasteiger partial charge in [0.1, 0.15) is 0 Å². The van der Waals surface area contributed by atoms with Crippen LogP contribution in [0.25, 0.3) is 6.08 Å². The molecule has 2 saturated heterocycles. The molecular weight excluding hydrogens is 502 g/mol. The van der Waals surface area contributed by atoms with Gasteiger partial charge in [0.15, 0.2) is 10.9 Å². The topological polar surface area (TPSA) is 54.4 Å². The Morgan fingerprint density at radius 3 is 2.58 bits per heavy atom. The van der Waals surface area contributed by atoms with Gasteiger partial charge in [-0.2, -0.15) is 0 Å². The average molecular weight is 523 g/mol. The normalized spacial score (nSPS) is 19.5. The Morgan fingerprint density at radius 1 is 1.23 bits per heavy atom. The number of benzene rings is 2. The zero-order chi connectivity index (χ0) is 22.0. The third-order valence-corrected chi connectivity index (χ3v) is 6.91. The predicted octanol–water partition coefficient (Wildman–Crippen LogP) is 5.18. The number of methoxy groups -OCH3 is 1. The molecule has 0 bridgehead atoms. The van der Waals surface area contributed by atoms with Crippen LogP contribution in [0.15, 0.2) is 50.8 Å². The Bertz CT molecular complexity index is 1030. The number of ether oxygens (including phenoxy) is 2. The molecule has 31 heavy (non-hydrogen) atoms. The zero-order valence-electron chi connectivity index (χ0n) is 17.1. The van der Waals surface area contributed by atoms with Crippen LogP contribution in [0.5, 0.6) is 5.75 Å². The molecule has 0 N–H and O–H groups in total. The van der Waals surface area contributed by atoms with Crippen molar-refractivity contribution in [2.75, 3.05) is 45.4 Å². The number of hydrogen-bond donors (Lipinski definition) is 0. The fraction of sp³-hybridized carbons (Fsp3) is 0.273. The first kappa shape index (κ1) is 22.2. The monoisotopic (exact) mass is 521 g/mol.